The summed E-state index contributed by atoms with van der Waals surface area (Å²) in [4.78, 5) is 23.5. The summed E-state index contributed by atoms with van der Waals surface area (Å²) in [6, 6.07) is 5.44. The molecule has 0 saturated heterocycles. The Hall–Kier alpha value is -1.49. The molecule has 0 radical (unpaired) electrons. The molecule has 1 aliphatic rings. The average molecular weight is 265 g/mol. The van der Waals surface area contributed by atoms with Gasteiger partial charge in [-0.25, -0.2) is 0 Å². The number of carboxylic acids is 1. The lowest BCUT2D eigenvalue weighted by Crippen LogP contribution is -2.20. The number of benzene rings is 1. The zero-order valence-electron chi connectivity index (χ0n) is 10.3. The first-order valence-electron chi connectivity index (χ1n) is 5.78. The van der Waals surface area contributed by atoms with Gasteiger partial charge in [0.15, 0.2) is 0 Å². The molecule has 1 amide bonds. The third kappa shape index (κ3) is 2.51. The zero-order valence-corrected chi connectivity index (χ0v) is 11.1. The van der Waals surface area contributed by atoms with Crippen LogP contribution < -0.4 is 5.32 Å². The first-order chi connectivity index (χ1) is 8.49. The van der Waals surface area contributed by atoms with Gasteiger partial charge in [0.2, 0.25) is 5.91 Å². The van der Waals surface area contributed by atoms with Gasteiger partial charge in [-0.1, -0.05) is 19.9 Å². The molecule has 5 heteroatoms. The topological polar surface area (TPSA) is 66.4 Å². The fourth-order valence-corrected chi connectivity index (χ4v) is 2.95. The molecule has 0 aliphatic carbocycles. The van der Waals surface area contributed by atoms with Crippen molar-refractivity contribution in [3.05, 3.63) is 23.8 Å². The van der Waals surface area contributed by atoms with Crippen molar-refractivity contribution < 1.29 is 14.7 Å². The molecule has 96 valence electrons. The maximum absolute atomic E-state index is 11.3. The summed E-state index contributed by atoms with van der Waals surface area (Å²) < 4.78 is 0. The number of thioether (sulfide) groups is 1. The van der Waals surface area contributed by atoms with Crippen LogP contribution in [0.2, 0.25) is 0 Å². The summed E-state index contributed by atoms with van der Waals surface area (Å²) in [7, 11) is 0. The molecule has 1 aromatic carbocycles. The van der Waals surface area contributed by atoms with Gasteiger partial charge < -0.3 is 10.4 Å². The van der Waals surface area contributed by atoms with E-state index in [9.17, 15) is 14.7 Å². The summed E-state index contributed by atoms with van der Waals surface area (Å²) in [6.45, 7) is 3.79. The minimum atomic E-state index is -0.810. The third-order valence-corrected chi connectivity index (χ3v) is 3.99. The lowest BCUT2D eigenvalue weighted by atomic mass is 9.88. The number of carboxylic acid groups (broad SMARTS) is 1. The summed E-state index contributed by atoms with van der Waals surface area (Å²) in [5, 5.41) is 12.0. The summed E-state index contributed by atoms with van der Waals surface area (Å²) in [6.07, 6.45) is 0. The first kappa shape index (κ1) is 13.0. The van der Waals surface area contributed by atoms with Gasteiger partial charge in [-0.05, 0) is 23.6 Å². The number of rotatable bonds is 3. The number of fused-ring (bicyclic) bond motifs is 1. The van der Waals surface area contributed by atoms with E-state index in [1.165, 1.54) is 11.8 Å². The monoisotopic (exact) mass is 265 g/mol. The second-order valence-electron chi connectivity index (χ2n) is 4.65. The van der Waals surface area contributed by atoms with E-state index in [0.717, 1.165) is 16.1 Å². The highest BCUT2D eigenvalue weighted by molar-refractivity contribution is 8.00. The van der Waals surface area contributed by atoms with Gasteiger partial charge >= 0.3 is 5.97 Å². The highest BCUT2D eigenvalue weighted by Gasteiger charge is 2.25. The standard InChI is InChI=1S/C13H15NO3S/c1-7(2)12(13(16)17)8-3-4-9-10(5-8)18-6-11(15)14-9/h3-5,7,12H,6H2,1-2H3,(H,14,15)(H,16,17). The van der Waals surface area contributed by atoms with Crippen molar-refractivity contribution in [1.29, 1.82) is 0 Å². The van der Waals surface area contributed by atoms with Crippen LogP contribution in [0.15, 0.2) is 23.1 Å². The Morgan fingerprint density at radius 1 is 1.44 bits per heavy atom. The van der Waals surface area contributed by atoms with E-state index in [0.29, 0.717) is 5.75 Å². The maximum atomic E-state index is 11.3. The van der Waals surface area contributed by atoms with Crippen LogP contribution in [-0.4, -0.2) is 22.7 Å². The molecular formula is C13H15NO3S. The van der Waals surface area contributed by atoms with Crippen molar-refractivity contribution in [2.45, 2.75) is 24.7 Å². The predicted octanol–water partition coefficient (Wildman–Crippen LogP) is 2.55. The number of hydrogen-bond acceptors (Lipinski definition) is 3. The molecule has 1 heterocycles. The second kappa shape index (κ2) is 5.02. The summed E-state index contributed by atoms with van der Waals surface area (Å²) >= 11 is 1.45. The number of carbonyl (C=O) groups excluding carboxylic acids is 1. The number of aliphatic carboxylic acids is 1. The summed E-state index contributed by atoms with van der Waals surface area (Å²) in [5.41, 5.74) is 1.56. The largest absolute Gasteiger partial charge is 0.481 e. The van der Waals surface area contributed by atoms with Crippen LogP contribution in [0.1, 0.15) is 25.3 Å². The highest BCUT2D eigenvalue weighted by Crippen LogP contribution is 2.35. The number of hydrogen-bond donors (Lipinski definition) is 2. The van der Waals surface area contributed by atoms with E-state index in [1.807, 2.05) is 19.9 Å². The summed E-state index contributed by atoms with van der Waals surface area (Å²) in [5.74, 6) is -0.915. The van der Waals surface area contributed by atoms with E-state index < -0.39 is 11.9 Å². The zero-order chi connectivity index (χ0) is 13.3. The molecule has 1 aromatic rings. The molecule has 0 fully saturated rings. The minimum Gasteiger partial charge on any atom is -0.481 e. The molecule has 2 N–H and O–H groups in total. The van der Waals surface area contributed by atoms with Gasteiger partial charge in [0.25, 0.3) is 0 Å². The Morgan fingerprint density at radius 2 is 2.17 bits per heavy atom. The smallest absolute Gasteiger partial charge is 0.311 e. The Morgan fingerprint density at radius 3 is 2.78 bits per heavy atom. The van der Waals surface area contributed by atoms with Gasteiger partial charge in [-0.3, -0.25) is 9.59 Å². The minimum absolute atomic E-state index is 0.0149. The van der Waals surface area contributed by atoms with Gasteiger partial charge in [-0.15, -0.1) is 11.8 Å². The first-order valence-corrected chi connectivity index (χ1v) is 6.77. The van der Waals surface area contributed by atoms with Crippen LogP contribution >= 0.6 is 11.8 Å². The fraction of sp³-hybridized carbons (Fsp3) is 0.385. The molecule has 1 atom stereocenters. The van der Waals surface area contributed by atoms with E-state index >= 15 is 0 Å². The van der Waals surface area contributed by atoms with Gasteiger partial charge in [0.1, 0.15) is 0 Å². The molecule has 18 heavy (non-hydrogen) atoms. The van der Waals surface area contributed by atoms with Crippen LogP contribution in [0, 0.1) is 5.92 Å². The van der Waals surface area contributed by atoms with Crippen molar-refractivity contribution in [3.8, 4) is 0 Å². The molecule has 1 aliphatic heterocycles. The van der Waals surface area contributed by atoms with Crippen molar-refractivity contribution in [2.75, 3.05) is 11.1 Å². The Labute approximate surface area is 110 Å². The quantitative estimate of drug-likeness (QED) is 0.881. The van der Waals surface area contributed by atoms with Crippen LogP contribution in [0.5, 0.6) is 0 Å². The predicted molar refractivity (Wildman–Crippen MR) is 71.0 cm³/mol. The van der Waals surface area contributed by atoms with E-state index in [1.54, 1.807) is 12.1 Å². The number of anilines is 1. The molecule has 4 nitrogen and oxygen atoms in total. The average Bonchev–Trinajstić information content (AvgIpc) is 2.28. The van der Waals surface area contributed by atoms with Crippen LogP contribution in [0.25, 0.3) is 0 Å². The lowest BCUT2D eigenvalue weighted by molar-refractivity contribution is -0.139. The van der Waals surface area contributed by atoms with Gasteiger partial charge in [-0.2, -0.15) is 0 Å². The molecule has 0 spiro atoms. The van der Waals surface area contributed by atoms with Gasteiger partial charge in [0, 0.05) is 4.90 Å². The SMILES string of the molecule is CC(C)C(C(=O)O)c1ccc2c(c1)SCC(=O)N2. The van der Waals surface area contributed by atoms with Crippen LogP contribution in [0.3, 0.4) is 0 Å². The van der Waals surface area contributed by atoms with Crippen LogP contribution in [-0.2, 0) is 9.59 Å². The normalized spacial score (nSPS) is 16.1. The van der Waals surface area contributed by atoms with E-state index in [-0.39, 0.29) is 11.8 Å². The molecule has 2 rings (SSSR count). The lowest BCUT2D eigenvalue weighted by Gasteiger charge is -2.21. The van der Waals surface area contributed by atoms with Crippen LogP contribution in [0.4, 0.5) is 5.69 Å². The molecule has 1 unspecified atom stereocenters. The molecular weight excluding hydrogens is 250 g/mol. The van der Waals surface area contributed by atoms with E-state index in [2.05, 4.69) is 5.32 Å². The van der Waals surface area contributed by atoms with Gasteiger partial charge in [0.05, 0.1) is 17.4 Å². The Bertz CT molecular complexity index is 499. The van der Waals surface area contributed by atoms with E-state index in [4.69, 9.17) is 0 Å². The fourth-order valence-electron chi connectivity index (χ4n) is 2.10. The second-order valence-corrected chi connectivity index (χ2v) is 5.67. The maximum Gasteiger partial charge on any atom is 0.311 e. The van der Waals surface area contributed by atoms with Crippen molar-refractivity contribution in [1.82, 2.24) is 0 Å². The van der Waals surface area contributed by atoms with Crippen molar-refractivity contribution >= 4 is 29.3 Å². The third-order valence-electron chi connectivity index (χ3n) is 2.93. The number of amides is 1. The Kier molecular flexibility index (Phi) is 3.61. The number of carbonyl (C=O) groups is 2. The highest BCUT2D eigenvalue weighted by atomic mass is 32.2. The molecule has 0 aromatic heterocycles. The Balaban J connectivity index is 2.36. The van der Waals surface area contributed by atoms with Crippen molar-refractivity contribution in [3.63, 3.8) is 0 Å². The molecule has 0 saturated carbocycles. The van der Waals surface area contributed by atoms with Crippen molar-refractivity contribution in [2.24, 2.45) is 5.92 Å². The number of nitrogens with one attached hydrogen (secondary N) is 1. The molecule has 0 bridgehead atoms.